The van der Waals surface area contributed by atoms with E-state index in [4.69, 9.17) is 9.72 Å². The van der Waals surface area contributed by atoms with Crippen molar-refractivity contribution in [2.75, 3.05) is 31.6 Å². The molecule has 2 aliphatic rings. The van der Waals surface area contributed by atoms with E-state index >= 15 is 0 Å². The molecule has 0 bridgehead atoms. The fourth-order valence-corrected chi connectivity index (χ4v) is 4.68. The predicted octanol–water partition coefficient (Wildman–Crippen LogP) is 2.99. The number of nitrogens with one attached hydrogen (secondary N) is 1. The van der Waals surface area contributed by atoms with Gasteiger partial charge >= 0.3 is 0 Å². The van der Waals surface area contributed by atoms with E-state index in [0.717, 1.165) is 32.5 Å². The standard InChI is InChI=1S/C16H27N3OS/c1-11-10-19(6-5-7-20-11)15-18-13-9-16(2,3)8-12(17-4)14(13)21-15/h11-12,17H,5-10H2,1-4H3. The lowest BCUT2D eigenvalue weighted by molar-refractivity contribution is 0.0821. The van der Waals surface area contributed by atoms with Gasteiger partial charge in [-0.25, -0.2) is 4.98 Å². The van der Waals surface area contributed by atoms with E-state index in [1.54, 1.807) is 0 Å². The molecule has 0 aromatic carbocycles. The molecule has 0 radical (unpaired) electrons. The normalized spacial score (nSPS) is 29.0. The highest BCUT2D eigenvalue weighted by Gasteiger charge is 2.35. The van der Waals surface area contributed by atoms with Gasteiger partial charge in [0.05, 0.1) is 11.8 Å². The number of rotatable bonds is 2. The third-order valence-electron chi connectivity index (χ3n) is 4.51. The third kappa shape index (κ3) is 3.25. The zero-order valence-corrected chi connectivity index (χ0v) is 14.4. The average Bonchev–Trinajstić information content (AvgIpc) is 2.71. The maximum absolute atomic E-state index is 5.75. The molecule has 0 saturated carbocycles. The van der Waals surface area contributed by atoms with Crippen LogP contribution >= 0.6 is 11.3 Å². The number of nitrogens with zero attached hydrogens (tertiary/aromatic N) is 2. The summed E-state index contributed by atoms with van der Waals surface area (Å²) in [6, 6.07) is 0.454. The molecule has 4 nitrogen and oxygen atoms in total. The summed E-state index contributed by atoms with van der Waals surface area (Å²) in [6.07, 6.45) is 3.68. The monoisotopic (exact) mass is 309 g/mol. The van der Waals surface area contributed by atoms with E-state index in [0.29, 0.717) is 17.6 Å². The molecule has 1 N–H and O–H groups in total. The minimum atomic E-state index is 0.296. The van der Waals surface area contributed by atoms with Gasteiger partial charge in [-0.2, -0.15) is 0 Å². The summed E-state index contributed by atoms with van der Waals surface area (Å²) in [6.45, 7) is 9.74. The Bertz CT molecular complexity index is 500. The molecule has 21 heavy (non-hydrogen) atoms. The molecule has 5 heteroatoms. The minimum Gasteiger partial charge on any atom is -0.377 e. The molecule has 2 heterocycles. The van der Waals surface area contributed by atoms with Crippen molar-refractivity contribution in [3.05, 3.63) is 10.6 Å². The fourth-order valence-electron chi connectivity index (χ4n) is 3.46. The van der Waals surface area contributed by atoms with Gasteiger partial charge in [0.1, 0.15) is 0 Å². The summed E-state index contributed by atoms with van der Waals surface area (Å²) in [7, 11) is 2.07. The van der Waals surface area contributed by atoms with Gasteiger partial charge in [0, 0.05) is 30.6 Å². The van der Waals surface area contributed by atoms with Gasteiger partial charge in [-0.15, -0.1) is 0 Å². The van der Waals surface area contributed by atoms with Crippen LogP contribution in [0.25, 0.3) is 0 Å². The van der Waals surface area contributed by atoms with Crippen molar-refractivity contribution in [1.29, 1.82) is 0 Å². The van der Waals surface area contributed by atoms with E-state index in [1.807, 2.05) is 11.3 Å². The Morgan fingerprint density at radius 2 is 2.24 bits per heavy atom. The molecule has 1 saturated heterocycles. The lowest BCUT2D eigenvalue weighted by Gasteiger charge is -2.34. The molecule has 0 amide bonds. The highest BCUT2D eigenvalue weighted by atomic mass is 32.1. The smallest absolute Gasteiger partial charge is 0.185 e. The van der Waals surface area contributed by atoms with Crippen molar-refractivity contribution >= 4 is 16.5 Å². The van der Waals surface area contributed by atoms with Crippen LogP contribution in [0.1, 0.15) is 50.2 Å². The van der Waals surface area contributed by atoms with E-state index in [2.05, 4.69) is 38.0 Å². The summed E-state index contributed by atoms with van der Waals surface area (Å²) in [5.74, 6) is 0. The molecule has 1 aromatic rings. The number of hydrogen-bond acceptors (Lipinski definition) is 5. The van der Waals surface area contributed by atoms with Crippen molar-refractivity contribution in [3.63, 3.8) is 0 Å². The van der Waals surface area contributed by atoms with Crippen molar-refractivity contribution in [2.45, 2.75) is 52.2 Å². The number of anilines is 1. The van der Waals surface area contributed by atoms with Crippen LogP contribution in [-0.2, 0) is 11.2 Å². The Morgan fingerprint density at radius 1 is 1.43 bits per heavy atom. The molecular weight excluding hydrogens is 282 g/mol. The molecule has 1 fully saturated rings. The first-order valence-electron chi connectivity index (χ1n) is 8.02. The highest BCUT2D eigenvalue weighted by molar-refractivity contribution is 7.15. The zero-order valence-electron chi connectivity index (χ0n) is 13.6. The van der Waals surface area contributed by atoms with Crippen LogP contribution < -0.4 is 10.2 Å². The Hall–Kier alpha value is -0.650. The van der Waals surface area contributed by atoms with Crippen LogP contribution in [0.2, 0.25) is 0 Å². The summed E-state index contributed by atoms with van der Waals surface area (Å²) >= 11 is 1.88. The second-order valence-corrected chi connectivity index (χ2v) is 8.18. The molecule has 1 aromatic heterocycles. The maximum atomic E-state index is 5.75. The third-order valence-corrected chi connectivity index (χ3v) is 5.78. The van der Waals surface area contributed by atoms with Crippen LogP contribution in [0.4, 0.5) is 5.13 Å². The summed E-state index contributed by atoms with van der Waals surface area (Å²) in [5, 5.41) is 4.67. The summed E-state index contributed by atoms with van der Waals surface area (Å²) < 4.78 is 5.75. The lowest BCUT2D eigenvalue weighted by Crippen LogP contribution is -2.31. The van der Waals surface area contributed by atoms with Gasteiger partial charge in [0.2, 0.25) is 0 Å². The van der Waals surface area contributed by atoms with Crippen molar-refractivity contribution < 1.29 is 4.74 Å². The molecule has 1 aliphatic carbocycles. The fraction of sp³-hybridized carbons (Fsp3) is 0.812. The van der Waals surface area contributed by atoms with Crippen LogP contribution in [0.5, 0.6) is 0 Å². The number of fused-ring (bicyclic) bond motifs is 1. The predicted molar refractivity (Wildman–Crippen MR) is 88.3 cm³/mol. The van der Waals surface area contributed by atoms with Crippen molar-refractivity contribution in [3.8, 4) is 0 Å². The second-order valence-electron chi connectivity index (χ2n) is 7.17. The first kappa shape index (κ1) is 15.3. The molecule has 3 rings (SSSR count). The second kappa shape index (κ2) is 5.86. The molecule has 1 aliphatic heterocycles. The zero-order chi connectivity index (χ0) is 15.0. The van der Waals surface area contributed by atoms with E-state index in [1.165, 1.54) is 22.1 Å². The Labute approximate surface area is 131 Å². The van der Waals surface area contributed by atoms with Gasteiger partial charge in [0.15, 0.2) is 5.13 Å². The topological polar surface area (TPSA) is 37.4 Å². The van der Waals surface area contributed by atoms with E-state index in [9.17, 15) is 0 Å². The minimum absolute atomic E-state index is 0.296. The first-order chi connectivity index (χ1) is 9.98. The van der Waals surface area contributed by atoms with Gasteiger partial charge in [-0.3, -0.25) is 0 Å². The highest BCUT2D eigenvalue weighted by Crippen LogP contribution is 2.44. The summed E-state index contributed by atoms with van der Waals surface area (Å²) in [5.41, 5.74) is 1.64. The number of aromatic nitrogens is 1. The van der Waals surface area contributed by atoms with Crippen LogP contribution in [-0.4, -0.2) is 37.8 Å². The van der Waals surface area contributed by atoms with Gasteiger partial charge < -0.3 is 15.0 Å². The van der Waals surface area contributed by atoms with E-state index in [-0.39, 0.29) is 0 Å². The quantitative estimate of drug-likeness (QED) is 0.911. The number of thiazole rings is 1. The Balaban J connectivity index is 1.87. The molecular formula is C16H27N3OS. The Morgan fingerprint density at radius 3 is 3.00 bits per heavy atom. The van der Waals surface area contributed by atoms with Gasteiger partial charge in [-0.1, -0.05) is 25.2 Å². The first-order valence-corrected chi connectivity index (χ1v) is 8.83. The molecule has 2 unspecified atom stereocenters. The summed E-state index contributed by atoms with van der Waals surface area (Å²) in [4.78, 5) is 8.86. The van der Waals surface area contributed by atoms with Crippen molar-refractivity contribution in [2.24, 2.45) is 5.41 Å². The van der Waals surface area contributed by atoms with Gasteiger partial charge in [0.25, 0.3) is 0 Å². The number of hydrogen-bond donors (Lipinski definition) is 1. The van der Waals surface area contributed by atoms with Crippen LogP contribution in [0, 0.1) is 5.41 Å². The van der Waals surface area contributed by atoms with Crippen LogP contribution in [0.15, 0.2) is 0 Å². The molecule has 118 valence electrons. The Kier molecular flexibility index (Phi) is 4.26. The number of ether oxygens (including phenoxy) is 1. The largest absolute Gasteiger partial charge is 0.377 e. The average molecular weight is 309 g/mol. The lowest BCUT2D eigenvalue weighted by atomic mass is 9.76. The molecule has 0 spiro atoms. The molecule has 2 atom stereocenters. The van der Waals surface area contributed by atoms with Crippen LogP contribution in [0.3, 0.4) is 0 Å². The van der Waals surface area contributed by atoms with Crippen molar-refractivity contribution in [1.82, 2.24) is 10.3 Å². The SMILES string of the molecule is CNC1CC(C)(C)Cc2nc(N3CCCOC(C)C3)sc21. The van der Waals surface area contributed by atoms with E-state index < -0.39 is 0 Å². The maximum Gasteiger partial charge on any atom is 0.185 e. The van der Waals surface area contributed by atoms with Gasteiger partial charge in [-0.05, 0) is 38.6 Å².